The molecule has 5 aromatic rings. The van der Waals surface area contributed by atoms with Crippen LogP contribution in [0.4, 0.5) is 5.69 Å². The molecule has 250 valence electrons. The zero-order chi connectivity index (χ0) is 34.6. The topological polar surface area (TPSA) is 91.4 Å². The Morgan fingerprint density at radius 3 is 1.53 bits per heavy atom. The van der Waals surface area contributed by atoms with Gasteiger partial charge >= 0.3 is 0 Å². The summed E-state index contributed by atoms with van der Waals surface area (Å²) in [6, 6.07) is 35.6. The van der Waals surface area contributed by atoms with Crippen molar-refractivity contribution in [3.8, 4) is 23.0 Å². The van der Waals surface area contributed by atoms with Crippen LogP contribution in [0.1, 0.15) is 27.8 Å². The lowest BCUT2D eigenvalue weighted by molar-refractivity contribution is -0.130. The largest absolute Gasteiger partial charge is 0.454 e. The van der Waals surface area contributed by atoms with Crippen LogP contribution < -0.4 is 23.8 Å². The third-order valence-electron chi connectivity index (χ3n) is 11.2. The number of nitrogens with zero attached hydrogens (tertiary/aromatic N) is 1. The van der Waals surface area contributed by atoms with E-state index in [-0.39, 0.29) is 19.4 Å². The number of ether oxygens (including phenoxy) is 4. The maximum absolute atomic E-state index is 16.2. The smallest absolute Gasteiger partial charge is 0.239 e. The van der Waals surface area contributed by atoms with Gasteiger partial charge in [-0.3, -0.25) is 14.4 Å². The Labute approximate surface area is 301 Å². The molecule has 2 aliphatic carbocycles. The Morgan fingerprint density at radius 1 is 0.588 bits per heavy atom. The van der Waals surface area contributed by atoms with Crippen molar-refractivity contribution in [2.75, 3.05) is 18.5 Å². The van der Waals surface area contributed by atoms with Gasteiger partial charge in [-0.2, -0.15) is 0 Å². The van der Waals surface area contributed by atoms with Crippen molar-refractivity contribution in [2.24, 2.45) is 11.8 Å². The SMILES string of the molecule is Cc1ccc(N2C(=O)[C@@H]3[C@@H](C2=O)[C@@]2(c4ccccc4)C(=O)[C@@]3(c3ccccc3)C(c3ccc4c(c3)OCO4)=C2c2ccc3c(c2)OCO3)cc1Br. The van der Waals surface area contributed by atoms with E-state index in [4.69, 9.17) is 18.9 Å². The van der Waals surface area contributed by atoms with E-state index >= 15 is 14.4 Å². The van der Waals surface area contributed by atoms with Crippen LogP contribution in [-0.2, 0) is 25.2 Å². The van der Waals surface area contributed by atoms with Crippen molar-refractivity contribution in [3.63, 3.8) is 0 Å². The second-order valence-electron chi connectivity index (χ2n) is 13.5. The summed E-state index contributed by atoms with van der Waals surface area (Å²) in [5.41, 5.74) is 2.24. The quantitative estimate of drug-likeness (QED) is 0.174. The summed E-state index contributed by atoms with van der Waals surface area (Å²) in [6.45, 7) is 2.09. The van der Waals surface area contributed by atoms with Crippen molar-refractivity contribution in [3.05, 3.63) is 148 Å². The van der Waals surface area contributed by atoms with Crippen LogP contribution >= 0.6 is 15.9 Å². The van der Waals surface area contributed by atoms with E-state index in [1.54, 1.807) is 12.1 Å². The molecule has 3 heterocycles. The van der Waals surface area contributed by atoms with E-state index < -0.39 is 34.5 Å². The minimum absolute atomic E-state index is 0.0717. The van der Waals surface area contributed by atoms with E-state index in [1.165, 1.54) is 4.90 Å². The summed E-state index contributed by atoms with van der Waals surface area (Å²) in [4.78, 5) is 48.1. The van der Waals surface area contributed by atoms with Crippen LogP contribution in [0.5, 0.6) is 23.0 Å². The highest BCUT2D eigenvalue weighted by Gasteiger charge is 2.82. The van der Waals surface area contributed by atoms with Crippen LogP contribution in [0, 0.1) is 18.8 Å². The van der Waals surface area contributed by atoms with Gasteiger partial charge in [0.05, 0.1) is 28.4 Å². The van der Waals surface area contributed by atoms with Crippen LogP contribution in [0.25, 0.3) is 11.1 Å². The van der Waals surface area contributed by atoms with Gasteiger partial charge in [-0.15, -0.1) is 0 Å². The molecular formula is C42H28BrNO7. The summed E-state index contributed by atoms with van der Waals surface area (Å²) in [5, 5.41) is 0. The number of hydrogen-bond acceptors (Lipinski definition) is 7. The number of aryl methyl sites for hydroxylation is 1. The number of amides is 2. The molecule has 1 saturated carbocycles. The standard InChI is InChI=1S/C42H28BrNO7/c1-23-12-15-28(20-29(23)43)44-38(45)36-37(39(44)46)42(27-10-6-3-7-11-27)35(25-14-17-31-33(19-25)51-22-49-31)34(24-13-16-30-32(18-24)50-21-48-30)41(36,40(42)47)26-8-4-2-5-9-26/h2-20,36-37H,21-22H2,1H3/t36-,37-,41-,42-/m0/s1. The lowest BCUT2D eigenvalue weighted by Crippen LogP contribution is -2.45. The highest BCUT2D eigenvalue weighted by molar-refractivity contribution is 9.10. The molecule has 3 aliphatic heterocycles. The summed E-state index contributed by atoms with van der Waals surface area (Å²) < 4.78 is 23.9. The molecule has 9 heteroatoms. The highest BCUT2D eigenvalue weighted by Crippen LogP contribution is 2.74. The average molecular weight is 739 g/mol. The summed E-state index contributed by atoms with van der Waals surface area (Å²) in [6.07, 6.45) is 0. The Balaban J connectivity index is 1.36. The molecule has 1 saturated heterocycles. The van der Waals surface area contributed by atoms with Gasteiger partial charge in [-0.25, -0.2) is 4.90 Å². The molecule has 5 aliphatic rings. The molecule has 10 rings (SSSR count). The predicted octanol–water partition coefficient (Wildman–Crippen LogP) is 7.40. The fourth-order valence-electron chi connectivity index (χ4n) is 9.20. The number of Topliss-reactive ketones (excluding diaryl/α,β-unsaturated/α-hetero) is 1. The van der Waals surface area contributed by atoms with E-state index in [2.05, 4.69) is 15.9 Å². The van der Waals surface area contributed by atoms with E-state index in [9.17, 15) is 0 Å². The minimum Gasteiger partial charge on any atom is -0.454 e. The number of carbonyl (C=O) groups is 3. The molecule has 4 atom stereocenters. The molecule has 0 N–H and O–H groups in total. The minimum atomic E-state index is -1.56. The number of hydrogen-bond donors (Lipinski definition) is 0. The number of anilines is 1. The molecule has 2 bridgehead atoms. The first-order valence-corrected chi connectivity index (χ1v) is 17.5. The first kappa shape index (κ1) is 30.2. The second kappa shape index (κ2) is 10.7. The molecule has 51 heavy (non-hydrogen) atoms. The molecule has 0 aromatic heterocycles. The van der Waals surface area contributed by atoms with Crippen molar-refractivity contribution in [2.45, 2.75) is 17.8 Å². The number of rotatable bonds is 5. The van der Waals surface area contributed by atoms with E-state index in [0.29, 0.717) is 62.1 Å². The van der Waals surface area contributed by atoms with Crippen LogP contribution in [0.2, 0.25) is 0 Å². The molecular weight excluding hydrogens is 710 g/mol. The van der Waals surface area contributed by atoms with Gasteiger partial charge in [0.1, 0.15) is 0 Å². The van der Waals surface area contributed by atoms with Crippen LogP contribution in [0.3, 0.4) is 0 Å². The monoisotopic (exact) mass is 737 g/mol. The van der Waals surface area contributed by atoms with Crippen LogP contribution in [0.15, 0.2) is 120 Å². The highest BCUT2D eigenvalue weighted by atomic mass is 79.9. The Bertz CT molecular complexity index is 2250. The summed E-state index contributed by atoms with van der Waals surface area (Å²) >= 11 is 3.61. The molecule has 8 nitrogen and oxygen atoms in total. The fraction of sp³-hybridized carbons (Fsp3) is 0.167. The van der Waals surface area contributed by atoms with Crippen molar-refractivity contribution in [1.29, 1.82) is 0 Å². The van der Waals surface area contributed by atoms with Crippen molar-refractivity contribution >= 4 is 50.4 Å². The van der Waals surface area contributed by atoms with Crippen LogP contribution in [-0.4, -0.2) is 31.2 Å². The summed E-state index contributed by atoms with van der Waals surface area (Å²) in [5.74, 6) is -0.914. The number of fused-ring (bicyclic) bond motifs is 7. The molecule has 2 amide bonds. The number of halogens is 1. The van der Waals surface area contributed by atoms with Crippen molar-refractivity contribution < 1.29 is 33.3 Å². The van der Waals surface area contributed by atoms with Gasteiger partial charge < -0.3 is 18.9 Å². The van der Waals surface area contributed by atoms with Gasteiger partial charge in [0.2, 0.25) is 25.4 Å². The molecule has 2 fully saturated rings. The Kier molecular flexibility index (Phi) is 6.31. The van der Waals surface area contributed by atoms with Gasteiger partial charge in [0.25, 0.3) is 0 Å². The zero-order valence-electron chi connectivity index (χ0n) is 27.2. The zero-order valence-corrected chi connectivity index (χ0v) is 28.8. The molecule has 0 radical (unpaired) electrons. The normalized spacial score (nSPS) is 25.3. The maximum Gasteiger partial charge on any atom is 0.239 e. The first-order chi connectivity index (χ1) is 24.9. The van der Waals surface area contributed by atoms with Gasteiger partial charge in [0, 0.05) is 4.47 Å². The maximum atomic E-state index is 16.2. The number of allylic oxidation sites excluding steroid dienone is 2. The van der Waals surface area contributed by atoms with Gasteiger partial charge in [-0.05, 0) is 82.3 Å². The number of imide groups is 1. The first-order valence-electron chi connectivity index (χ1n) is 16.7. The lowest BCUT2D eigenvalue weighted by atomic mass is 9.59. The summed E-state index contributed by atoms with van der Waals surface area (Å²) in [7, 11) is 0. The molecule has 0 unspecified atom stereocenters. The van der Waals surface area contributed by atoms with E-state index in [0.717, 1.165) is 10.0 Å². The van der Waals surface area contributed by atoms with Crippen molar-refractivity contribution in [1.82, 2.24) is 0 Å². The Hall–Kier alpha value is -5.67. The van der Waals surface area contributed by atoms with E-state index in [1.807, 2.05) is 110 Å². The third kappa shape index (κ3) is 3.76. The predicted molar refractivity (Wildman–Crippen MR) is 192 cm³/mol. The lowest BCUT2D eigenvalue weighted by Gasteiger charge is -2.39. The number of ketones is 1. The fourth-order valence-corrected chi connectivity index (χ4v) is 9.57. The molecule has 0 spiro atoms. The number of benzene rings is 5. The van der Waals surface area contributed by atoms with Gasteiger partial charge in [0.15, 0.2) is 28.8 Å². The average Bonchev–Trinajstić information content (AvgIpc) is 3.96. The second-order valence-corrected chi connectivity index (χ2v) is 14.3. The third-order valence-corrected chi connectivity index (χ3v) is 12.0. The van der Waals surface area contributed by atoms with Gasteiger partial charge in [-0.1, -0.05) is 94.8 Å². The number of carbonyl (C=O) groups excluding carboxylic acids is 3. The Morgan fingerprint density at radius 2 is 1.06 bits per heavy atom. The molecule has 5 aromatic carbocycles.